The second-order valence-electron chi connectivity index (χ2n) is 6.25. The second-order valence-corrected chi connectivity index (χ2v) is 7.90. The summed E-state index contributed by atoms with van der Waals surface area (Å²) in [5.41, 5.74) is 5.02. The Morgan fingerprint density at radius 1 is 1.10 bits per heavy atom. The molecule has 11 heteroatoms. The highest BCUT2D eigenvalue weighted by Crippen LogP contribution is 2.38. The van der Waals surface area contributed by atoms with Gasteiger partial charge in [-0.05, 0) is 24.3 Å². The van der Waals surface area contributed by atoms with Crippen molar-refractivity contribution in [2.45, 2.75) is 4.90 Å². The van der Waals surface area contributed by atoms with Crippen LogP contribution < -0.4 is 24.7 Å². The van der Waals surface area contributed by atoms with E-state index in [1.807, 2.05) is 4.72 Å². The van der Waals surface area contributed by atoms with Gasteiger partial charge in [-0.15, -0.1) is 0 Å². The van der Waals surface area contributed by atoms with Gasteiger partial charge in [0.25, 0.3) is 21.8 Å². The Kier molecular flexibility index (Phi) is 6.25. The number of primary amides is 1. The third kappa shape index (κ3) is 4.67. The van der Waals surface area contributed by atoms with Crippen LogP contribution in [-0.2, 0) is 14.8 Å². The lowest BCUT2D eigenvalue weighted by molar-refractivity contribution is -0.120. The lowest BCUT2D eigenvalue weighted by Crippen LogP contribution is -2.30. The van der Waals surface area contributed by atoms with Crippen LogP contribution in [0.5, 0.6) is 17.2 Å². The van der Waals surface area contributed by atoms with Gasteiger partial charge in [-0.1, -0.05) is 12.1 Å². The van der Waals surface area contributed by atoms with E-state index in [0.29, 0.717) is 10.8 Å². The molecule has 31 heavy (non-hydrogen) atoms. The SMILES string of the molecule is COc1cc(C(=O)NS(=O)(=O)c2cccc3cnccc23)cc(OC)c1OCC(N)=O. The van der Waals surface area contributed by atoms with Crippen LogP contribution in [0.25, 0.3) is 10.8 Å². The molecule has 0 aliphatic rings. The standard InChI is InChI=1S/C20H19N3O7S/c1-28-15-8-13(9-16(29-2)19(15)30-11-18(21)24)20(25)23-31(26,27)17-5-3-4-12-10-22-7-6-14(12)17/h3-10H,11H2,1-2H3,(H2,21,24)(H,23,25). The highest BCUT2D eigenvalue weighted by molar-refractivity contribution is 7.90. The van der Waals surface area contributed by atoms with E-state index in [9.17, 15) is 18.0 Å². The summed E-state index contributed by atoms with van der Waals surface area (Å²) in [5.74, 6) is -1.48. The summed E-state index contributed by atoms with van der Waals surface area (Å²) in [6.07, 6.45) is 2.99. The maximum atomic E-state index is 12.9. The van der Waals surface area contributed by atoms with Gasteiger partial charge in [0.15, 0.2) is 18.1 Å². The number of fused-ring (bicyclic) bond motifs is 1. The lowest BCUT2D eigenvalue weighted by atomic mass is 10.1. The number of sulfonamides is 1. The summed E-state index contributed by atoms with van der Waals surface area (Å²) < 4.78 is 43.5. The van der Waals surface area contributed by atoms with Gasteiger partial charge in [-0.3, -0.25) is 14.6 Å². The van der Waals surface area contributed by atoms with E-state index in [0.717, 1.165) is 0 Å². The number of methoxy groups -OCH3 is 2. The average molecular weight is 445 g/mol. The molecule has 0 atom stereocenters. The molecule has 0 fully saturated rings. The molecule has 0 aliphatic carbocycles. The number of aromatic nitrogens is 1. The van der Waals surface area contributed by atoms with E-state index in [-0.39, 0.29) is 27.7 Å². The number of pyridine rings is 1. The summed E-state index contributed by atoms with van der Waals surface area (Å²) in [4.78, 5) is 27.7. The third-order valence-electron chi connectivity index (χ3n) is 4.24. The highest BCUT2D eigenvalue weighted by Gasteiger charge is 2.24. The molecule has 0 saturated heterocycles. The van der Waals surface area contributed by atoms with Gasteiger partial charge in [0.1, 0.15) is 0 Å². The van der Waals surface area contributed by atoms with Gasteiger partial charge in [-0.25, -0.2) is 13.1 Å². The van der Waals surface area contributed by atoms with Crippen LogP contribution in [0.15, 0.2) is 53.7 Å². The number of nitrogens with one attached hydrogen (secondary N) is 1. The second kappa shape index (κ2) is 8.88. The Balaban J connectivity index is 1.96. The van der Waals surface area contributed by atoms with E-state index in [1.54, 1.807) is 18.2 Å². The van der Waals surface area contributed by atoms with Crippen LogP contribution in [0.4, 0.5) is 0 Å². The molecule has 162 valence electrons. The van der Waals surface area contributed by atoms with Crippen molar-refractivity contribution < 1.29 is 32.2 Å². The zero-order valence-corrected chi connectivity index (χ0v) is 17.4. The predicted octanol–water partition coefficient (Wildman–Crippen LogP) is 1.23. The Morgan fingerprint density at radius 2 is 1.77 bits per heavy atom. The number of benzene rings is 2. The van der Waals surface area contributed by atoms with Gasteiger partial charge in [0.05, 0.1) is 19.1 Å². The fraction of sp³-hybridized carbons (Fsp3) is 0.150. The molecular formula is C20H19N3O7S. The van der Waals surface area contributed by atoms with E-state index in [2.05, 4.69) is 4.98 Å². The van der Waals surface area contributed by atoms with E-state index in [4.69, 9.17) is 19.9 Å². The van der Waals surface area contributed by atoms with Gasteiger partial charge >= 0.3 is 0 Å². The summed E-state index contributed by atoms with van der Waals surface area (Å²) in [6, 6.07) is 8.72. The van der Waals surface area contributed by atoms with Crippen molar-refractivity contribution in [2.24, 2.45) is 5.73 Å². The molecule has 10 nitrogen and oxygen atoms in total. The monoisotopic (exact) mass is 445 g/mol. The number of nitrogens with zero attached hydrogens (tertiary/aromatic N) is 1. The van der Waals surface area contributed by atoms with Crippen LogP contribution >= 0.6 is 0 Å². The Labute approximate surface area is 178 Å². The molecular weight excluding hydrogens is 426 g/mol. The van der Waals surface area contributed by atoms with Crippen molar-refractivity contribution in [3.63, 3.8) is 0 Å². The van der Waals surface area contributed by atoms with Gasteiger partial charge in [-0.2, -0.15) is 0 Å². The molecule has 3 aromatic rings. The molecule has 3 rings (SSSR count). The number of nitrogens with two attached hydrogens (primary N) is 1. The summed E-state index contributed by atoms with van der Waals surface area (Å²) in [7, 11) is -1.58. The number of hydrogen-bond acceptors (Lipinski definition) is 8. The molecule has 2 aromatic carbocycles. The molecule has 0 unspecified atom stereocenters. The van der Waals surface area contributed by atoms with Crippen molar-refractivity contribution in [1.82, 2.24) is 9.71 Å². The number of carbonyl (C=O) groups excluding carboxylic acids is 2. The zero-order valence-electron chi connectivity index (χ0n) is 16.6. The lowest BCUT2D eigenvalue weighted by Gasteiger charge is -2.15. The van der Waals surface area contributed by atoms with Crippen molar-refractivity contribution >= 4 is 32.6 Å². The number of carbonyl (C=O) groups is 2. The molecule has 3 N–H and O–H groups in total. The average Bonchev–Trinajstić information content (AvgIpc) is 2.76. The van der Waals surface area contributed by atoms with Crippen molar-refractivity contribution in [3.05, 3.63) is 54.4 Å². The van der Waals surface area contributed by atoms with Gasteiger partial charge in [0.2, 0.25) is 5.75 Å². The molecule has 0 spiro atoms. The molecule has 0 aliphatic heterocycles. The van der Waals surface area contributed by atoms with Crippen LogP contribution in [0.3, 0.4) is 0 Å². The van der Waals surface area contributed by atoms with Crippen molar-refractivity contribution in [3.8, 4) is 17.2 Å². The first kappa shape index (κ1) is 21.8. The van der Waals surface area contributed by atoms with E-state index >= 15 is 0 Å². The Hall–Kier alpha value is -3.86. The quantitative estimate of drug-likeness (QED) is 0.526. The number of hydrogen-bond donors (Lipinski definition) is 2. The summed E-state index contributed by atoms with van der Waals surface area (Å²) in [6.45, 7) is -0.442. The third-order valence-corrected chi connectivity index (χ3v) is 5.63. The first-order valence-electron chi connectivity index (χ1n) is 8.84. The van der Waals surface area contributed by atoms with Crippen LogP contribution in [0, 0.1) is 0 Å². The predicted molar refractivity (Wildman–Crippen MR) is 111 cm³/mol. The maximum Gasteiger partial charge on any atom is 0.265 e. The van der Waals surface area contributed by atoms with Gasteiger partial charge < -0.3 is 19.9 Å². The minimum absolute atomic E-state index is 0.0461. The first-order chi connectivity index (χ1) is 14.8. The fourth-order valence-corrected chi connectivity index (χ4v) is 4.06. The normalized spacial score (nSPS) is 11.0. The number of rotatable bonds is 8. The smallest absolute Gasteiger partial charge is 0.265 e. The Bertz CT molecular complexity index is 1230. The van der Waals surface area contributed by atoms with Crippen LogP contribution in [0.1, 0.15) is 10.4 Å². The number of ether oxygens (including phenoxy) is 3. The highest BCUT2D eigenvalue weighted by atomic mass is 32.2. The maximum absolute atomic E-state index is 12.9. The molecule has 0 radical (unpaired) electrons. The largest absolute Gasteiger partial charge is 0.493 e. The van der Waals surface area contributed by atoms with Crippen LogP contribution in [-0.4, -0.2) is 46.0 Å². The first-order valence-corrected chi connectivity index (χ1v) is 10.3. The topological polar surface area (TPSA) is 147 Å². The number of amides is 2. The molecule has 0 bridgehead atoms. The van der Waals surface area contributed by atoms with Gasteiger partial charge in [0, 0.05) is 28.7 Å². The Morgan fingerprint density at radius 3 is 2.39 bits per heavy atom. The summed E-state index contributed by atoms with van der Waals surface area (Å²) >= 11 is 0. The van der Waals surface area contributed by atoms with E-state index < -0.39 is 28.4 Å². The molecule has 1 heterocycles. The molecule has 2 amide bonds. The molecule has 0 saturated carbocycles. The molecule has 1 aromatic heterocycles. The minimum Gasteiger partial charge on any atom is -0.493 e. The zero-order chi connectivity index (χ0) is 22.6. The fourth-order valence-electron chi connectivity index (χ4n) is 2.86. The van der Waals surface area contributed by atoms with Crippen molar-refractivity contribution in [1.29, 1.82) is 0 Å². The van der Waals surface area contributed by atoms with Crippen molar-refractivity contribution in [2.75, 3.05) is 20.8 Å². The van der Waals surface area contributed by atoms with E-state index in [1.165, 1.54) is 44.8 Å². The minimum atomic E-state index is -4.21. The summed E-state index contributed by atoms with van der Waals surface area (Å²) in [5, 5.41) is 1.03. The van der Waals surface area contributed by atoms with Crippen LogP contribution in [0.2, 0.25) is 0 Å².